The zero-order valence-corrected chi connectivity index (χ0v) is 13.5. The van der Waals surface area contributed by atoms with Gasteiger partial charge in [0.2, 0.25) is 0 Å². The van der Waals surface area contributed by atoms with E-state index < -0.39 is 13.9 Å². The SMILES string of the molecule is CCc1nc(N)c2nc(CC)n(CCOCP(=O)(O)O)c2n1. The number of fused-ring (bicyclic) bond motifs is 1. The molecule has 22 heavy (non-hydrogen) atoms. The lowest BCUT2D eigenvalue weighted by molar-refractivity contribution is 0.149. The summed E-state index contributed by atoms with van der Waals surface area (Å²) < 4.78 is 17.6. The predicted molar refractivity (Wildman–Crippen MR) is 81.4 cm³/mol. The van der Waals surface area contributed by atoms with E-state index in [1.165, 1.54) is 0 Å². The van der Waals surface area contributed by atoms with E-state index in [9.17, 15) is 4.57 Å². The first-order valence-corrected chi connectivity index (χ1v) is 8.79. The molecule has 0 atom stereocenters. The van der Waals surface area contributed by atoms with Crippen molar-refractivity contribution >= 4 is 24.6 Å². The zero-order valence-electron chi connectivity index (χ0n) is 12.6. The minimum atomic E-state index is -4.15. The molecule has 0 radical (unpaired) electrons. The molecule has 10 heteroatoms. The molecular weight excluding hydrogens is 309 g/mol. The van der Waals surface area contributed by atoms with Gasteiger partial charge in [-0.15, -0.1) is 0 Å². The minimum Gasteiger partial charge on any atom is -0.382 e. The summed E-state index contributed by atoms with van der Waals surface area (Å²) in [5.41, 5.74) is 7.09. The second-order valence-corrected chi connectivity index (χ2v) is 6.37. The van der Waals surface area contributed by atoms with Crippen molar-refractivity contribution in [2.45, 2.75) is 33.2 Å². The second-order valence-electron chi connectivity index (χ2n) is 4.79. The lowest BCUT2D eigenvalue weighted by atomic mass is 10.4. The predicted octanol–water partition coefficient (Wildman–Crippen LogP) is 0.685. The number of nitrogens with zero attached hydrogens (tertiary/aromatic N) is 4. The molecule has 0 saturated heterocycles. The number of imidazole rings is 1. The Bertz CT molecular complexity index is 711. The topological polar surface area (TPSA) is 136 Å². The second kappa shape index (κ2) is 6.70. The van der Waals surface area contributed by atoms with E-state index in [0.717, 1.165) is 5.82 Å². The molecule has 4 N–H and O–H groups in total. The third-order valence-corrected chi connectivity index (χ3v) is 3.62. The standard InChI is InChI=1S/C12H20N5O4P/c1-3-8-14-11(13)10-12(15-8)17(9(4-2)16-10)5-6-21-7-22(18,19)20/h3-7H2,1-2H3,(H2,13,14,15)(H2,18,19,20). The normalized spacial score (nSPS) is 12.2. The summed E-state index contributed by atoms with van der Waals surface area (Å²) in [5, 5.41) is 0. The first-order chi connectivity index (χ1) is 10.4. The number of anilines is 1. The Hall–Kier alpha value is -1.54. The van der Waals surface area contributed by atoms with Crippen molar-refractivity contribution in [1.82, 2.24) is 19.5 Å². The van der Waals surface area contributed by atoms with E-state index in [-0.39, 0.29) is 6.61 Å². The third kappa shape index (κ3) is 3.80. The van der Waals surface area contributed by atoms with Gasteiger partial charge in [0.1, 0.15) is 18.0 Å². The highest BCUT2D eigenvalue weighted by molar-refractivity contribution is 7.51. The third-order valence-electron chi connectivity index (χ3n) is 3.10. The van der Waals surface area contributed by atoms with E-state index in [4.69, 9.17) is 20.3 Å². The summed E-state index contributed by atoms with van der Waals surface area (Å²) in [6, 6.07) is 0. The maximum absolute atomic E-state index is 10.8. The van der Waals surface area contributed by atoms with Gasteiger partial charge in [0, 0.05) is 19.4 Å². The van der Waals surface area contributed by atoms with Crippen LogP contribution in [0.2, 0.25) is 0 Å². The molecule has 0 aliphatic heterocycles. The van der Waals surface area contributed by atoms with Crippen molar-refractivity contribution < 1.29 is 19.1 Å². The van der Waals surface area contributed by atoms with Crippen LogP contribution in [0.3, 0.4) is 0 Å². The van der Waals surface area contributed by atoms with Crippen molar-refractivity contribution in [3.63, 3.8) is 0 Å². The Morgan fingerprint density at radius 1 is 1.23 bits per heavy atom. The average molecular weight is 329 g/mol. The van der Waals surface area contributed by atoms with Crippen LogP contribution in [0.1, 0.15) is 25.5 Å². The van der Waals surface area contributed by atoms with Crippen molar-refractivity contribution in [1.29, 1.82) is 0 Å². The van der Waals surface area contributed by atoms with Gasteiger partial charge in [-0.3, -0.25) is 4.57 Å². The lowest BCUT2D eigenvalue weighted by Gasteiger charge is -2.09. The minimum absolute atomic E-state index is 0.148. The Morgan fingerprint density at radius 3 is 2.55 bits per heavy atom. The molecule has 2 heterocycles. The summed E-state index contributed by atoms with van der Waals surface area (Å²) in [4.78, 5) is 30.6. The van der Waals surface area contributed by atoms with Crippen LogP contribution in [-0.4, -0.2) is 42.3 Å². The first-order valence-electron chi connectivity index (χ1n) is 6.99. The lowest BCUT2D eigenvalue weighted by Crippen LogP contribution is -2.11. The molecule has 2 aromatic rings. The van der Waals surface area contributed by atoms with Crippen LogP contribution >= 0.6 is 7.60 Å². The van der Waals surface area contributed by atoms with Crippen molar-refractivity contribution in [3.8, 4) is 0 Å². The fraction of sp³-hybridized carbons (Fsp3) is 0.583. The monoisotopic (exact) mass is 329 g/mol. The van der Waals surface area contributed by atoms with Crippen molar-refractivity contribution in [2.24, 2.45) is 0 Å². The first kappa shape index (κ1) is 16.8. The molecule has 0 aliphatic rings. The van der Waals surface area contributed by atoms with Crippen molar-refractivity contribution in [3.05, 3.63) is 11.6 Å². The molecular formula is C12H20N5O4P. The van der Waals surface area contributed by atoms with Gasteiger partial charge in [0.05, 0.1) is 6.61 Å². The molecule has 0 amide bonds. The fourth-order valence-electron chi connectivity index (χ4n) is 2.12. The molecule has 122 valence electrons. The molecule has 0 aromatic carbocycles. The number of aryl methyl sites for hydroxylation is 2. The number of ether oxygens (including phenoxy) is 1. The summed E-state index contributed by atoms with van der Waals surface area (Å²) >= 11 is 0. The Kier molecular flexibility index (Phi) is 5.12. The van der Waals surface area contributed by atoms with Gasteiger partial charge in [0.15, 0.2) is 17.0 Å². The van der Waals surface area contributed by atoms with Gasteiger partial charge >= 0.3 is 7.60 Å². The van der Waals surface area contributed by atoms with E-state index in [1.807, 2.05) is 18.4 Å². The maximum atomic E-state index is 10.8. The van der Waals surface area contributed by atoms with Gasteiger partial charge in [-0.1, -0.05) is 13.8 Å². The van der Waals surface area contributed by atoms with Crippen LogP contribution in [0.25, 0.3) is 11.2 Å². The molecule has 0 spiro atoms. The molecule has 0 aliphatic carbocycles. The molecule has 2 rings (SSSR count). The number of aromatic nitrogens is 4. The molecule has 0 unspecified atom stereocenters. The van der Waals surface area contributed by atoms with E-state index in [1.54, 1.807) is 0 Å². The van der Waals surface area contributed by atoms with Crippen LogP contribution in [0.4, 0.5) is 5.82 Å². The van der Waals surface area contributed by atoms with Crippen LogP contribution in [0.15, 0.2) is 0 Å². The van der Waals surface area contributed by atoms with Gasteiger partial charge in [0.25, 0.3) is 0 Å². The largest absolute Gasteiger partial charge is 0.382 e. The summed E-state index contributed by atoms with van der Waals surface area (Å²) in [7, 11) is -4.15. The summed E-state index contributed by atoms with van der Waals surface area (Å²) in [6.07, 6.45) is 0.732. The highest BCUT2D eigenvalue weighted by Crippen LogP contribution is 2.33. The van der Waals surface area contributed by atoms with Crippen LogP contribution in [0, 0.1) is 0 Å². The van der Waals surface area contributed by atoms with Crippen LogP contribution < -0.4 is 5.73 Å². The van der Waals surface area contributed by atoms with Crippen LogP contribution in [0.5, 0.6) is 0 Å². The highest BCUT2D eigenvalue weighted by Gasteiger charge is 2.16. The number of hydrogen-bond acceptors (Lipinski definition) is 6. The van der Waals surface area contributed by atoms with Crippen LogP contribution in [-0.2, 0) is 28.7 Å². The number of nitrogen functional groups attached to an aromatic ring is 1. The maximum Gasteiger partial charge on any atom is 0.350 e. The molecule has 2 aromatic heterocycles. The molecule has 0 fully saturated rings. The zero-order chi connectivity index (χ0) is 16.3. The van der Waals surface area contributed by atoms with Crippen molar-refractivity contribution in [2.75, 3.05) is 18.7 Å². The summed E-state index contributed by atoms with van der Waals surface area (Å²) in [6.45, 7) is 4.43. The van der Waals surface area contributed by atoms with Gasteiger partial charge < -0.3 is 24.8 Å². The fourth-order valence-corrected chi connectivity index (χ4v) is 2.48. The Labute approximate surface area is 127 Å². The van der Waals surface area contributed by atoms with E-state index >= 15 is 0 Å². The van der Waals surface area contributed by atoms with Gasteiger partial charge in [-0.05, 0) is 0 Å². The van der Waals surface area contributed by atoms with Gasteiger partial charge in [-0.25, -0.2) is 15.0 Å². The quantitative estimate of drug-likeness (QED) is 0.498. The molecule has 9 nitrogen and oxygen atoms in total. The molecule has 0 bridgehead atoms. The molecule has 0 saturated carbocycles. The smallest absolute Gasteiger partial charge is 0.350 e. The number of rotatable bonds is 7. The van der Waals surface area contributed by atoms with E-state index in [2.05, 4.69) is 15.0 Å². The highest BCUT2D eigenvalue weighted by atomic mass is 31.2. The Morgan fingerprint density at radius 2 is 1.95 bits per heavy atom. The average Bonchev–Trinajstić information content (AvgIpc) is 2.81. The van der Waals surface area contributed by atoms with Gasteiger partial charge in [-0.2, -0.15) is 0 Å². The van der Waals surface area contributed by atoms with E-state index in [0.29, 0.717) is 42.2 Å². The Balaban J connectivity index is 2.27. The number of nitrogens with two attached hydrogens (primary N) is 1. The summed E-state index contributed by atoms with van der Waals surface area (Å²) in [5.74, 6) is 1.75. The number of hydrogen-bond donors (Lipinski definition) is 3.